The number of amides is 1. The first kappa shape index (κ1) is 18.7. The maximum Gasteiger partial charge on any atom is 0.258 e. The number of carbonyl (C=O) groups is 1. The van der Waals surface area contributed by atoms with Gasteiger partial charge in [-0.1, -0.05) is 48.5 Å². The van der Waals surface area contributed by atoms with Crippen LogP contribution in [0.25, 0.3) is 10.9 Å². The molecule has 144 valence electrons. The van der Waals surface area contributed by atoms with Crippen LogP contribution in [0.2, 0.25) is 0 Å². The summed E-state index contributed by atoms with van der Waals surface area (Å²) < 4.78 is 0. The van der Waals surface area contributed by atoms with Gasteiger partial charge in [-0.05, 0) is 49.7 Å². The minimum atomic E-state index is -0.139. The molecule has 0 bridgehead atoms. The largest absolute Gasteiger partial charge is 0.358 e. The highest BCUT2D eigenvalue weighted by Gasteiger charge is 2.21. The molecule has 0 unspecified atom stereocenters. The standard InChI is InChI=1S/C25H22N2O2/c1-17-10-9-15-21-23(17)26-18(2)22(24(21)28)16-27(20-13-7-4-8-14-20)25(29)19-11-5-3-6-12-19/h3-15H,16H2,1-2H3,(H,26,28). The molecule has 0 aliphatic rings. The molecular weight excluding hydrogens is 360 g/mol. The Balaban J connectivity index is 1.84. The fourth-order valence-corrected chi connectivity index (χ4v) is 3.59. The van der Waals surface area contributed by atoms with E-state index in [1.165, 1.54) is 0 Å². The van der Waals surface area contributed by atoms with Crippen molar-refractivity contribution >= 4 is 22.5 Å². The zero-order valence-electron chi connectivity index (χ0n) is 16.5. The summed E-state index contributed by atoms with van der Waals surface area (Å²) in [5.74, 6) is -0.139. The molecule has 0 atom stereocenters. The first-order chi connectivity index (χ1) is 14.1. The molecule has 29 heavy (non-hydrogen) atoms. The fraction of sp³-hybridized carbons (Fsp3) is 0.120. The predicted molar refractivity (Wildman–Crippen MR) is 117 cm³/mol. The van der Waals surface area contributed by atoms with Gasteiger partial charge in [0.05, 0.1) is 12.1 Å². The second-order valence-electron chi connectivity index (χ2n) is 7.15. The lowest BCUT2D eigenvalue weighted by atomic mass is 10.0. The van der Waals surface area contributed by atoms with Gasteiger partial charge in [0.15, 0.2) is 5.43 Å². The number of benzene rings is 3. The fourth-order valence-electron chi connectivity index (χ4n) is 3.59. The van der Waals surface area contributed by atoms with Gasteiger partial charge in [0.2, 0.25) is 0 Å². The summed E-state index contributed by atoms with van der Waals surface area (Å²) in [6.07, 6.45) is 0. The molecule has 0 aliphatic carbocycles. The third kappa shape index (κ3) is 3.57. The van der Waals surface area contributed by atoms with Crippen LogP contribution in [0.5, 0.6) is 0 Å². The molecule has 0 radical (unpaired) electrons. The van der Waals surface area contributed by atoms with Crippen molar-refractivity contribution in [1.29, 1.82) is 0 Å². The summed E-state index contributed by atoms with van der Waals surface area (Å²) in [7, 11) is 0. The van der Waals surface area contributed by atoms with E-state index in [2.05, 4.69) is 4.98 Å². The maximum absolute atomic E-state index is 13.3. The quantitative estimate of drug-likeness (QED) is 0.540. The molecule has 0 fully saturated rings. The topological polar surface area (TPSA) is 53.2 Å². The Labute approximate surface area is 169 Å². The Morgan fingerprint density at radius 3 is 2.21 bits per heavy atom. The van der Waals surface area contributed by atoms with Crippen molar-refractivity contribution in [3.05, 3.63) is 111 Å². The van der Waals surface area contributed by atoms with Gasteiger partial charge in [0.1, 0.15) is 0 Å². The summed E-state index contributed by atoms with van der Waals surface area (Å²) in [5.41, 5.74) is 4.54. The van der Waals surface area contributed by atoms with Gasteiger partial charge < -0.3 is 9.88 Å². The van der Waals surface area contributed by atoms with Crippen LogP contribution in [0.3, 0.4) is 0 Å². The van der Waals surface area contributed by atoms with Gasteiger partial charge >= 0.3 is 0 Å². The molecule has 1 N–H and O–H groups in total. The Morgan fingerprint density at radius 1 is 0.862 bits per heavy atom. The van der Waals surface area contributed by atoms with Crippen LogP contribution in [-0.4, -0.2) is 10.9 Å². The minimum Gasteiger partial charge on any atom is -0.358 e. The van der Waals surface area contributed by atoms with Gasteiger partial charge in [-0.25, -0.2) is 0 Å². The molecular formula is C25H22N2O2. The van der Waals surface area contributed by atoms with Crippen molar-refractivity contribution in [2.24, 2.45) is 0 Å². The minimum absolute atomic E-state index is 0.0401. The van der Waals surface area contributed by atoms with Crippen LogP contribution < -0.4 is 10.3 Å². The van der Waals surface area contributed by atoms with Crippen LogP contribution in [0, 0.1) is 13.8 Å². The normalized spacial score (nSPS) is 10.8. The molecule has 4 nitrogen and oxygen atoms in total. The molecule has 4 heteroatoms. The SMILES string of the molecule is Cc1[nH]c2c(C)cccc2c(=O)c1CN(C(=O)c1ccccc1)c1ccccc1. The second kappa shape index (κ2) is 7.76. The molecule has 0 saturated carbocycles. The van der Waals surface area contributed by atoms with E-state index in [1.54, 1.807) is 17.0 Å². The van der Waals surface area contributed by atoms with Crippen molar-refractivity contribution in [3.8, 4) is 0 Å². The average molecular weight is 382 g/mol. The van der Waals surface area contributed by atoms with Crippen LogP contribution in [-0.2, 0) is 6.54 Å². The number of pyridine rings is 1. The number of hydrogen-bond donors (Lipinski definition) is 1. The average Bonchev–Trinajstić information content (AvgIpc) is 2.75. The molecule has 0 spiro atoms. The summed E-state index contributed by atoms with van der Waals surface area (Å²) in [6.45, 7) is 4.06. The van der Waals surface area contributed by atoms with E-state index in [9.17, 15) is 9.59 Å². The Hall–Kier alpha value is -3.66. The summed E-state index contributed by atoms with van der Waals surface area (Å²) >= 11 is 0. The molecule has 1 heterocycles. The number of aromatic nitrogens is 1. The number of hydrogen-bond acceptors (Lipinski definition) is 2. The van der Waals surface area contributed by atoms with Gasteiger partial charge in [-0.3, -0.25) is 9.59 Å². The van der Waals surface area contributed by atoms with Gasteiger partial charge in [-0.15, -0.1) is 0 Å². The summed E-state index contributed by atoms with van der Waals surface area (Å²) in [6, 6.07) is 24.3. The highest BCUT2D eigenvalue weighted by Crippen LogP contribution is 2.22. The van der Waals surface area contributed by atoms with Gasteiger partial charge in [0, 0.05) is 27.9 Å². The lowest BCUT2D eigenvalue weighted by molar-refractivity contribution is 0.0985. The Kier molecular flexibility index (Phi) is 5.00. The van der Waals surface area contributed by atoms with E-state index in [0.717, 1.165) is 22.5 Å². The zero-order valence-corrected chi connectivity index (χ0v) is 16.5. The number of para-hydroxylation sites is 2. The first-order valence-electron chi connectivity index (χ1n) is 9.59. The molecule has 0 aliphatic heterocycles. The first-order valence-corrected chi connectivity index (χ1v) is 9.59. The van der Waals surface area contributed by atoms with Crippen LogP contribution >= 0.6 is 0 Å². The number of rotatable bonds is 4. The molecule has 1 aromatic heterocycles. The number of nitrogens with zero attached hydrogens (tertiary/aromatic N) is 1. The van der Waals surface area contributed by atoms with Gasteiger partial charge in [-0.2, -0.15) is 0 Å². The van der Waals surface area contributed by atoms with Crippen molar-refractivity contribution in [2.45, 2.75) is 20.4 Å². The molecule has 4 aromatic rings. The van der Waals surface area contributed by atoms with Crippen LogP contribution in [0.1, 0.15) is 27.2 Å². The van der Waals surface area contributed by atoms with Crippen molar-refractivity contribution in [3.63, 3.8) is 0 Å². The number of carbonyl (C=O) groups excluding carboxylic acids is 1. The molecule has 3 aromatic carbocycles. The lowest BCUT2D eigenvalue weighted by Gasteiger charge is -2.24. The number of H-pyrrole nitrogens is 1. The van der Waals surface area contributed by atoms with Crippen molar-refractivity contribution in [1.82, 2.24) is 4.98 Å². The summed E-state index contributed by atoms with van der Waals surface area (Å²) in [4.78, 5) is 31.6. The van der Waals surface area contributed by atoms with E-state index in [1.807, 2.05) is 80.6 Å². The van der Waals surface area contributed by atoms with Gasteiger partial charge in [0.25, 0.3) is 5.91 Å². The molecule has 4 rings (SSSR count). The van der Waals surface area contributed by atoms with Crippen LogP contribution in [0.15, 0.2) is 83.7 Å². The number of fused-ring (bicyclic) bond motifs is 1. The summed E-state index contributed by atoms with van der Waals surface area (Å²) in [5, 5.41) is 0.644. The van der Waals surface area contributed by atoms with E-state index < -0.39 is 0 Å². The Bertz CT molecular complexity index is 1230. The van der Waals surface area contributed by atoms with E-state index >= 15 is 0 Å². The van der Waals surface area contributed by atoms with Crippen molar-refractivity contribution in [2.75, 3.05) is 4.90 Å². The number of aromatic amines is 1. The zero-order chi connectivity index (χ0) is 20.4. The molecule has 1 amide bonds. The van der Waals surface area contributed by atoms with Crippen LogP contribution in [0.4, 0.5) is 5.69 Å². The second-order valence-corrected chi connectivity index (χ2v) is 7.15. The Morgan fingerprint density at radius 2 is 1.52 bits per heavy atom. The lowest BCUT2D eigenvalue weighted by Crippen LogP contribution is -2.33. The van der Waals surface area contributed by atoms with Crippen molar-refractivity contribution < 1.29 is 4.79 Å². The third-order valence-electron chi connectivity index (χ3n) is 5.21. The number of nitrogens with one attached hydrogen (secondary N) is 1. The monoisotopic (exact) mass is 382 g/mol. The number of aryl methyl sites for hydroxylation is 2. The van der Waals surface area contributed by atoms with E-state index in [4.69, 9.17) is 0 Å². The molecule has 0 saturated heterocycles. The highest BCUT2D eigenvalue weighted by molar-refractivity contribution is 6.06. The smallest absolute Gasteiger partial charge is 0.258 e. The third-order valence-corrected chi connectivity index (χ3v) is 5.21. The highest BCUT2D eigenvalue weighted by atomic mass is 16.2. The van der Waals surface area contributed by atoms with E-state index in [0.29, 0.717) is 16.5 Å². The van der Waals surface area contributed by atoms with E-state index in [-0.39, 0.29) is 17.9 Å². The number of anilines is 1. The predicted octanol–water partition coefficient (Wildman–Crippen LogP) is 4.99. The maximum atomic E-state index is 13.3.